The maximum absolute atomic E-state index is 6.29. The highest BCUT2D eigenvalue weighted by Crippen LogP contribution is 2.38. The Balaban J connectivity index is 1.78. The van der Waals surface area contributed by atoms with Crippen LogP contribution in [0.3, 0.4) is 0 Å². The second kappa shape index (κ2) is 5.96. The van der Waals surface area contributed by atoms with E-state index in [-0.39, 0.29) is 0 Å². The van der Waals surface area contributed by atoms with Crippen LogP contribution in [0.5, 0.6) is 0 Å². The zero-order valence-corrected chi connectivity index (χ0v) is 15.3. The third-order valence-corrected chi connectivity index (χ3v) is 5.40. The third kappa shape index (κ3) is 2.43. The van der Waals surface area contributed by atoms with Crippen LogP contribution in [0.1, 0.15) is 17.8 Å². The van der Waals surface area contributed by atoms with E-state index < -0.39 is 0 Å². The fraction of sp³-hybridized carbons (Fsp3) is 0.182. The molecule has 4 aromatic rings. The van der Waals surface area contributed by atoms with Crippen molar-refractivity contribution >= 4 is 22.5 Å². The average molecular weight is 360 g/mol. The second-order valence-electron chi connectivity index (χ2n) is 6.85. The first kappa shape index (κ1) is 15.6. The second-order valence-corrected chi connectivity index (χ2v) is 7.29. The molecule has 3 heterocycles. The Bertz CT molecular complexity index is 1140. The summed E-state index contributed by atoms with van der Waals surface area (Å²) in [4.78, 5) is 9.45. The minimum atomic E-state index is 0.743. The van der Waals surface area contributed by atoms with Crippen LogP contribution < -0.4 is 0 Å². The summed E-state index contributed by atoms with van der Waals surface area (Å²) in [7, 11) is 0. The fourth-order valence-electron chi connectivity index (χ4n) is 3.88. The maximum Gasteiger partial charge on any atom is 0.109 e. The van der Waals surface area contributed by atoms with Crippen molar-refractivity contribution in [2.75, 3.05) is 0 Å². The van der Waals surface area contributed by atoms with E-state index in [2.05, 4.69) is 46.8 Å². The molecular formula is C22H18ClN3. The third-order valence-electron chi connectivity index (χ3n) is 5.16. The highest BCUT2D eigenvalue weighted by atomic mass is 35.5. The molecule has 5 rings (SSSR count). The standard InChI is InChI=1S/C22H18ClN3/c1-14-6-8-17(23)13-18(14)21-22(26-11-3-5-20(26)25-21)16-7-9-19-15(12-16)4-2-10-24-19/h2,4,6-10,12-13H,3,5,11H2,1H3. The SMILES string of the molecule is Cc1ccc(Cl)cc1-c1nc2n(c1-c1ccc3ncccc3c1)CCC2. The van der Waals surface area contributed by atoms with Crippen molar-refractivity contribution in [3.63, 3.8) is 0 Å². The molecule has 26 heavy (non-hydrogen) atoms. The molecule has 0 bridgehead atoms. The molecule has 4 heteroatoms. The summed E-state index contributed by atoms with van der Waals surface area (Å²) in [6, 6.07) is 16.6. The minimum absolute atomic E-state index is 0.743. The average Bonchev–Trinajstić information content (AvgIpc) is 3.24. The van der Waals surface area contributed by atoms with E-state index in [1.54, 1.807) is 0 Å². The molecule has 1 aliphatic heterocycles. The van der Waals surface area contributed by atoms with Crippen LogP contribution in [-0.2, 0) is 13.0 Å². The number of hydrogen-bond donors (Lipinski definition) is 0. The number of benzene rings is 2. The first-order chi connectivity index (χ1) is 12.7. The maximum atomic E-state index is 6.29. The van der Waals surface area contributed by atoms with Crippen LogP contribution in [0.2, 0.25) is 5.02 Å². The monoisotopic (exact) mass is 359 g/mol. The first-order valence-corrected chi connectivity index (χ1v) is 9.29. The van der Waals surface area contributed by atoms with Gasteiger partial charge in [-0.1, -0.05) is 29.8 Å². The molecule has 0 atom stereocenters. The highest BCUT2D eigenvalue weighted by molar-refractivity contribution is 6.30. The molecule has 2 aromatic carbocycles. The molecule has 128 valence electrons. The zero-order valence-electron chi connectivity index (χ0n) is 14.5. The zero-order chi connectivity index (χ0) is 17.7. The molecule has 0 radical (unpaired) electrons. The number of imidazole rings is 1. The van der Waals surface area contributed by atoms with Gasteiger partial charge in [-0.25, -0.2) is 4.98 Å². The lowest BCUT2D eigenvalue weighted by Crippen LogP contribution is -1.97. The van der Waals surface area contributed by atoms with Crippen molar-refractivity contribution in [1.29, 1.82) is 0 Å². The summed E-state index contributed by atoms with van der Waals surface area (Å²) in [6.07, 6.45) is 4.01. The number of halogens is 1. The van der Waals surface area contributed by atoms with Gasteiger partial charge < -0.3 is 4.57 Å². The van der Waals surface area contributed by atoms with Crippen molar-refractivity contribution in [1.82, 2.24) is 14.5 Å². The largest absolute Gasteiger partial charge is 0.327 e. The van der Waals surface area contributed by atoms with Crippen LogP contribution in [0.15, 0.2) is 54.7 Å². The lowest BCUT2D eigenvalue weighted by Gasteiger charge is -2.11. The molecule has 0 aliphatic carbocycles. The summed E-state index contributed by atoms with van der Waals surface area (Å²) < 4.78 is 2.37. The van der Waals surface area contributed by atoms with Crippen LogP contribution in [0.4, 0.5) is 0 Å². The van der Waals surface area contributed by atoms with Gasteiger partial charge >= 0.3 is 0 Å². The molecular weight excluding hydrogens is 342 g/mol. The summed E-state index contributed by atoms with van der Waals surface area (Å²) in [5.41, 5.74) is 6.71. The van der Waals surface area contributed by atoms with E-state index in [0.717, 1.165) is 46.6 Å². The molecule has 3 nitrogen and oxygen atoms in total. The van der Waals surface area contributed by atoms with Gasteiger partial charge in [0, 0.05) is 40.7 Å². The van der Waals surface area contributed by atoms with Crippen LogP contribution >= 0.6 is 11.6 Å². The van der Waals surface area contributed by atoms with Gasteiger partial charge in [0.05, 0.1) is 16.9 Å². The molecule has 0 amide bonds. The molecule has 1 aliphatic rings. The minimum Gasteiger partial charge on any atom is -0.327 e. The van der Waals surface area contributed by atoms with Gasteiger partial charge in [0.25, 0.3) is 0 Å². The number of pyridine rings is 1. The number of nitrogens with zero attached hydrogens (tertiary/aromatic N) is 3. The van der Waals surface area contributed by atoms with Gasteiger partial charge in [-0.15, -0.1) is 0 Å². The van der Waals surface area contributed by atoms with Crippen LogP contribution in [0, 0.1) is 6.92 Å². The number of rotatable bonds is 2. The fourth-order valence-corrected chi connectivity index (χ4v) is 4.05. The Hall–Kier alpha value is -2.65. The quantitative estimate of drug-likeness (QED) is 0.461. The molecule has 0 unspecified atom stereocenters. The van der Waals surface area contributed by atoms with Crippen molar-refractivity contribution in [2.24, 2.45) is 0 Å². The molecule has 2 aromatic heterocycles. The van der Waals surface area contributed by atoms with Crippen molar-refractivity contribution < 1.29 is 0 Å². The lowest BCUT2D eigenvalue weighted by molar-refractivity contribution is 0.756. The lowest BCUT2D eigenvalue weighted by atomic mass is 10.00. The normalized spacial score (nSPS) is 13.3. The Kier molecular flexibility index (Phi) is 3.57. The van der Waals surface area contributed by atoms with Gasteiger partial charge in [-0.05, 0) is 49.2 Å². The molecule has 0 fully saturated rings. The number of fused-ring (bicyclic) bond motifs is 2. The van der Waals surface area contributed by atoms with E-state index in [1.807, 2.05) is 24.4 Å². The van der Waals surface area contributed by atoms with Gasteiger partial charge in [-0.2, -0.15) is 0 Å². The number of aromatic nitrogens is 3. The van der Waals surface area contributed by atoms with Crippen molar-refractivity contribution in [2.45, 2.75) is 26.3 Å². The Morgan fingerprint density at radius 3 is 2.92 bits per heavy atom. The van der Waals surface area contributed by atoms with Gasteiger partial charge in [0.2, 0.25) is 0 Å². The smallest absolute Gasteiger partial charge is 0.109 e. The first-order valence-electron chi connectivity index (χ1n) is 8.92. The van der Waals surface area contributed by atoms with Crippen LogP contribution in [0.25, 0.3) is 33.4 Å². The van der Waals surface area contributed by atoms with E-state index >= 15 is 0 Å². The molecule has 0 saturated carbocycles. The summed E-state index contributed by atoms with van der Waals surface area (Å²) >= 11 is 6.29. The van der Waals surface area contributed by atoms with E-state index in [9.17, 15) is 0 Å². The summed E-state index contributed by atoms with van der Waals surface area (Å²) in [5.74, 6) is 1.17. The Labute approximate surface area is 157 Å². The Morgan fingerprint density at radius 1 is 1.08 bits per heavy atom. The summed E-state index contributed by atoms with van der Waals surface area (Å²) in [5, 5.41) is 1.89. The molecule has 0 spiro atoms. The van der Waals surface area contributed by atoms with E-state index in [4.69, 9.17) is 16.6 Å². The van der Waals surface area contributed by atoms with Crippen molar-refractivity contribution in [3.8, 4) is 22.5 Å². The van der Waals surface area contributed by atoms with Crippen molar-refractivity contribution in [3.05, 3.63) is 71.1 Å². The van der Waals surface area contributed by atoms with Gasteiger partial charge in [0.1, 0.15) is 5.82 Å². The molecule has 0 N–H and O–H groups in total. The van der Waals surface area contributed by atoms with Gasteiger partial charge in [-0.3, -0.25) is 4.98 Å². The number of aryl methyl sites for hydroxylation is 2. The number of hydrogen-bond acceptors (Lipinski definition) is 2. The Morgan fingerprint density at radius 2 is 2.00 bits per heavy atom. The predicted molar refractivity (Wildman–Crippen MR) is 106 cm³/mol. The van der Waals surface area contributed by atoms with E-state index in [1.165, 1.54) is 22.6 Å². The van der Waals surface area contributed by atoms with Gasteiger partial charge in [0.15, 0.2) is 0 Å². The van der Waals surface area contributed by atoms with Crippen LogP contribution in [-0.4, -0.2) is 14.5 Å². The topological polar surface area (TPSA) is 30.7 Å². The molecule has 0 saturated heterocycles. The summed E-state index contributed by atoms with van der Waals surface area (Å²) in [6.45, 7) is 3.13. The van der Waals surface area contributed by atoms with E-state index in [0.29, 0.717) is 0 Å². The highest BCUT2D eigenvalue weighted by Gasteiger charge is 2.24. The predicted octanol–water partition coefficient (Wildman–Crippen LogP) is 5.67.